The van der Waals surface area contributed by atoms with E-state index >= 15 is 0 Å². The van der Waals surface area contributed by atoms with Gasteiger partial charge in [0.2, 0.25) is 0 Å². The number of carbonyl (C=O) groups excluding carboxylic acids is 1. The number of piperidine rings is 1. The lowest BCUT2D eigenvalue weighted by atomic mass is 9.98. The zero-order valence-corrected chi connectivity index (χ0v) is 16.1. The van der Waals surface area contributed by atoms with Gasteiger partial charge in [0.25, 0.3) is 5.91 Å². The van der Waals surface area contributed by atoms with E-state index < -0.39 is 0 Å². The van der Waals surface area contributed by atoms with Gasteiger partial charge < -0.3 is 19.8 Å². The molecule has 0 saturated carbocycles. The summed E-state index contributed by atoms with van der Waals surface area (Å²) in [5.41, 5.74) is 1.80. The number of aliphatic hydroxyl groups is 1. The average Bonchev–Trinajstić information content (AvgIpc) is 3.20. The summed E-state index contributed by atoms with van der Waals surface area (Å²) in [6.45, 7) is 5.18. The topological polar surface area (TPSA) is 47.0 Å². The SMILES string of the molecule is CN(CCO)c1ccc(C(=O)N2CCCCC2CCN2CCCC2)cc1. The number of aliphatic hydroxyl groups excluding tert-OH is 1. The van der Waals surface area contributed by atoms with Crippen molar-refractivity contribution in [2.45, 2.75) is 44.6 Å². The molecule has 144 valence electrons. The molecule has 1 atom stereocenters. The molecule has 1 unspecified atom stereocenters. The number of likely N-dealkylation sites (tertiary alicyclic amines) is 2. The number of nitrogens with zero attached hydrogens (tertiary/aromatic N) is 3. The molecule has 5 heteroatoms. The third-order valence-electron chi connectivity index (χ3n) is 5.86. The summed E-state index contributed by atoms with van der Waals surface area (Å²) < 4.78 is 0. The van der Waals surface area contributed by atoms with Crippen LogP contribution in [0, 0.1) is 0 Å². The van der Waals surface area contributed by atoms with Crippen molar-refractivity contribution >= 4 is 11.6 Å². The normalized spacial score (nSPS) is 21.2. The fourth-order valence-electron chi connectivity index (χ4n) is 4.21. The van der Waals surface area contributed by atoms with Gasteiger partial charge in [0, 0.05) is 44.0 Å². The monoisotopic (exact) mass is 359 g/mol. The Labute approximate surface area is 157 Å². The van der Waals surface area contributed by atoms with E-state index in [9.17, 15) is 4.79 Å². The highest BCUT2D eigenvalue weighted by atomic mass is 16.3. The van der Waals surface area contributed by atoms with Crippen molar-refractivity contribution in [3.8, 4) is 0 Å². The second-order valence-corrected chi connectivity index (χ2v) is 7.68. The van der Waals surface area contributed by atoms with E-state index in [1.807, 2.05) is 36.2 Å². The zero-order chi connectivity index (χ0) is 18.4. The number of likely N-dealkylation sites (N-methyl/N-ethyl adjacent to an activating group) is 1. The molecule has 1 N–H and O–H groups in total. The van der Waals surface area contributed by atoms with E-state index in [1.165, 1.54) is 32.4 Å². The molecule has 1 aromatic rings. The maximum atomic E-state index is 13.1. The van der Waals surface area contributed by atoms with Crippen molar-refractivity contribution in [2.24, 2.45) is 0 Å². The standard InChI is InChI=1S/C21H33N3O2/c1-22(16-17-25)19-9-7-18(8-10-19)21(26)24-14-3-2-6-20(24)11-15-23-12-4-5-13-23/h7-10,20,25H,2-6,11-17H2,1H3. The van der Waals surface area contributed by atoms with Crippen LogP contribution in [0.5, 0.6) is 0 Å². The van der Waals surface area contributed by atoms with Gasteiger partial charge in [0.1, 0.15) is 0 Å². The van der Waals surface area contributed by atoms with Gasteiger partial charge in [-0.3, -0.25) is 4.79 Å². The molecule has 2 heterocycles. The fraction of sp³-hybridized carbons (Fsp3) is 0.667. The number of rotatable bonds is 7. The maximum absolute atomic E-state index is 13.1. The first-order chi connectivity index (χ1) is 12.7. The van der Waals surface area contributed by atoms with Crippen molar-refractivity contribution in [2.75, 3.05) is 51.3 Å². The lowest BCUT2D eigenvalue weighted by molar-refractivity contribution is 0.0588. The summed E-state index contributed by atoms with van der Waals surface area (Å²) >= 11 is 0. The number of anilines is 1. The Hall–Kier alpha value is -1.59. The molecule has 2 fully saturated rings. The van der Waals surface area contributed by atoms with Crippen LogP contribution in [0.25, 0.3) is 0 Å². The maximum Gasteiger partial charge on any atom is 0.254 e. The molecular formula is C21H33N3O2. The molecule has 2 aliphatic heterocycles. The first kappa shape index (κ1) is 19.2. The highest BCUT2D eigenvalue weighted by molar-refractivity contribution is 5.94. The van der Waals surface area contributed by atoms with E-state index in [-0.39, 0.29) is 12.5 Å². The van der Waals surface area contributed by atoms with Gasteiger partial charge in [-0.05, 0) is 75.9 Å². The lowest BCUT2D eigenvalue weighted by Gasteiger charge is -2.37. The highest BCUT2D eigenvalue weighted by Gasteiger charge is 2.28. The number of benzene rings is 1. The molecule has 26 heavy (non-hydrogen) atoms. The molecule has 0 aromatic heterocycles. The fourth-order valence-corrected chi connectivity index (χ4v) is 4.21. The summed E-state index contributed by atoms with van der Waals surface area (Å²) in [5.74, 6) is 0.174. The Morgan fingerprint density at radius 1 is 1.12 bits per heavy atom. The molecule has 5 nitrogen and oxygen atoms in total. The predicted molar refractivity (Wildman–Crippen MR) is 106 cm³/mol. The first-order valence-corrected chi connectivity index (χ1v) is 10.1. The van der Waals surface area contributed by atoms with Crippen LogP contribution in [0.3, 0.4) is 0 Å². The molecule has 1 amide bonds. The van der Waals surface area contributed by atoms with Crippen molar-refractivity contribution in [3.63, 3.8) is 0 Å². The van der Waals surface area contributed by atoms with E-state index in [2.05, 4.69) is 9.80 Å². The smallest absolute Gasteiger partial charge is 0.254 e. The summed E-state index contributed by atoms with van der Waals surface area (Å²) in [6, 6.07) is 8.20. The third kappa shape index (κ3) is 4.77. The van der Waals surface area contributed by atoms with Crippen LogP contribution in [0.1, 0.15) is 48.9 Å². The minimum absolute atomic E-state index is 0.129. The second-order valence-electron chi connectivity index (χ2n) is 7.68. The molecule has 3 rings (SSSR count). The van der Waals surface area contributed by atoms with Crippen LogP contribution in [-0.4, -0.2) is 73.2 Å². The zero-order valence-electron chi connectivity index (χ0n) is 16.1. The molecular weight excluding hydrogens is 326 g/mol. The van der Waals surface area contributed by atoms with Crippen LogP contribution in [0.2, 0.25) is 0 Å². The van der Waals surface area contributed by atoms with Crippen LogP contribution in [0.4, 0.5) is 5.69 Å². The van der Waals surface area contributed by atoms with Gasteiger partial charge in [-0.1, -0.05) is 0 Å². The van der Waals surface area contributed by atoms with Crippen LogP contribution < -0.4 is 4.90 Å². The Bertz CT molecular complexity index is 569. The van der Waals surface area contributed by atoms with Crippen molar-refractivity contribution in [1.82, 2.24) is 9.80 Å². The van der Waals surface area contributed by atoms with E-state index in [0.29, 0.717) is 12.6 Å². The molecule has 0 spiro atoms. The molecule has 2 saturated heterocycles. The van der Waals surface area contributed by atoms with Crippen molar-refractivity contribution < 1.29 is 9.90 Å². The first-order valence-electron chi connectivity index (χ1n) is 10.1. The lowest BCUT2D eigenvalue weighted by Crippen LogP contribution is -2.45. The predicted octanol–water partition coefficient (Wildman–Crippen LogP) is 2.60. The minimum atomic E-state index is 0.129. The molecule has 1 aromatic carbocycles. The second kappa shape index (κ2) is 9.38. The van der Waals surface area contributed by atoms with Gasteiger partial charge in [-0.25, -0.2) is 0 Å². The summed E-state index contributed by atoms with van der Waals surface area (Å²) in [5, 5.41) is 9.06. The van der Waals surface area contributed by atoms with Gasteiger partial charge >= 0.3 is 0 Å². The Morgan fingerprint density at radius 2 is 1.81 bits per heavy atom. The Morgan fingerprint density at radius 3 is 2.50 bits per heavy atom. The van der Waals surface area contributed by atoms with Crippen LogP contribution in [-0.2, 0) is 0 Å². The number of amides is 1. The molecule has 0 radical (unpaired) electrons. The summed E-state index contributed by atoms with van der Waals surface area (Å²) in [7, 11) is 1.95. The minimum Gasteiger partial charge on any atom is -0.395 e. The highest BCUT2D eigenvalue weighted by Crippen LogP contribution is 2.24. The molecule has 0 aliphatic carbocycles. The van der Waals surface area contributed by atoms with Crippen molar-refractivity contribution in [3.05, 3.63) is 29.8 Å². The van der Waals surface area contributed by atoms with Gasteiger partial charge in [-0.15, -0.1) is 0 Å². The number of hydrogen-bond donors (Lipinski definition) is 1. The van der Waals surface area contributed by atoms with Crippen molar-refractivity contribution in [1.29, 1.82) is 0 Å². The molecule has 0 bridgehead atoms. The largest absolute Gasteiger partial charge is 0.395 e. The Balaban J connectivity index is 1.61. The van der Waals surface area contributed by atoms with E-state index in [1.54, 1.807) is 0 Å². The van der Waals surface area contributed by atoms with E-state index in [4.69, 9.17) is 5.11 Å². The number of hydrogen-bond acceptors (Lipinski definition) is 4. The Kier molecular flexibility index (Phi) is 6.92. The van der Waals surface area contributed by atoms with Crippen LogP contribution >= 0.6 is 0 Å². The van der Waals surface area contributed by atoms with E-state index in [0.717, 1.165) is 43.6 Å². The quantitative estimate of drug-likeness (QED) is 0.813. The van der Waals surface area contributed by atoms with Crippen LogP contribution in [0.15, 0.2) is 24.3 Å². The van der Waals surface area contributed by atoms with Gasteiger partial charge in [-0.2, -0.15) is 0 Å². The summed E-state index contributed by atoms with van der Waals surface area (Å²) in [4.78, 5) is 19.7. The average molecular weight is 360 g/mol. The van der Waals surface area contributed by atoms with Gasteiger partial charge in [0.15, 0.2) is 0 Å². The summed E-state index contributed by atoms with van der Waals surface area (Å²) in [6.07, 6.45) is 7.23. The number of carbonyl (C=O) groups is 1. The molecule has 2 aliphatic rings. The third-order valence-corrected chi connectivity index (χ3v) is 5.86. The van der Waals surface area contributed by atoms with Gasteiger partial charge in [0.05, 0.1) is 6.61 Å².